The van der Waals surface area contributed by atoms with E-state index < -0.39 is 10.0 Å². The third kappa shape index (κ3) is 3.52. The van der Waals surface area contributed by atoms with Crippen molar-refractivity contribution in [2.45, 2.75) is 24.8 Å². The lowest BCUT2D eigenvalue weighted by Gasteiger charge is -2.08. The third-order valence-electron chi connectivity index (χ3n) is 3.67. The highest BCUT2D eigenvalue weighted by atomic mass is 32.2. The van der Waals surface area contributed by atoms with Crippen molar-refractivity contribution in [1.29, 1.82) is 0 Å². The van der Waals surface area contributed by atoms with Crippen molar-refractivity contribution in [1.82, 2.24) is 9.55 Å². The first-order valence-corrected chi connectivity index (χ1v) is 9.55. The van der Waals surface area contributed by atoms with Crippen molar-refractivity contribution >= 4 is 21.4 Å². The molecule has 0 aliphatic rings. The molecule has 23 heavy (non-hydrogen) atoms. The van der Waals surface area contributed by atoms with Crippen LogP contribution in [0, 0.1) is 6.92 Å². The minimum Gasteiger partial charge on any atom is -0.330 e. The number of sulfonamides is 1. The normalized spacial score (nSPS) is 11.7. The molecule has 0 amide bonds. The smallest absolute Gasteiger partial charge is 0.238 e. The molecule has 5 nitrogen and oxygen atoms in total. The van der Waals surface area contributed by atoms with E-state index in [1.807, 2.05) is 6.20 Å². The van der Waals surface area contributed by atoms with E-state index in [2.05, 4.69) is 27.9 Å². The molecule has 0 aliphatic heterocycles. The fourth-order valence-corrected chi connectivity index (χ4v) is 3.85. The molecular weight excluding hydrogens is 330 g/mol. The van der Waals surface area contributed by atoms with E-state index in [9.17, 15) is 8.42 Å². The van der Waals surface area contributed by atoms with E-state index in [0.717, 1.165) is 24.4 Å². The van der Waals surface area contributed by atoms with Gasteiger partial charge in [-0.25, -0.2) is 18.5 Å². The van der Waals surface area contributed by atoms with Gasteiger partial charge in [0, 0.05) is 18.9 Å². The molecule has 0 radical (unpaired) electrons. The first kappa shape index (κ1) is 15.9. The standard InChI is InChI=1S/C16H17N3O2S2/c1-12-7-11-22-15(12)16-18-8-10-19(16)9-6-13-2-4-14(5-3-13)23(17,20)21/h2-5,7-8,10-11H,6,9H2,1H3,(H2,17,20,21). The second-order valence-electron chi connectivity index (χ2n) is 5.32. The number of aromatic nitrogens is 2. The molecule has 0 aliphatic carbocycles. The Bertz CT molecular complexity index is 909. The van der Waals surface area contributed by atoms with E-state index in [0.29, 0.717) is 0 Å². The van der Waals surface area contributed by atoms with E-state index in [1.54, 1.807) is 41.8 Å². The zero-order valence-corrected chi connectivity index (χ0v) is 14.3. The lowest BCUT2D eigenvalue weighted by Crippen LogP contribution is -2.12. The van der Waals surface area contributed by atoms with Crippen molar-refractivity contribution in [3.05, 3.63) is 59.2 Å². The second kappa shape index (κ2) is 6.27. The molecule has 1 aromatic carbocycles. The molecule has 0 spiro atoms. The van der Waals surface area contributed by atoms with Crippen LogP contribution in [0.3, 0.4) is 0 Å². The molecule has 2 aromatic heterocycles. The topological polar surface area (TPSA) is 78.0 Å². The summed E-state index contributed by atoms with van der Waals surface area (Å²) in [5, 5.41) is 7.17. The van der Waals surface area contributed by atoms with Gasteiger partial charge in [0.2, 0.25) is 10.0 Å². The van der Waals surface area contributed by atoms with Gasteiger partial charge in [-0.15, -0.1) is 11.3 Å². The number of hydrogen-bond donors (Lipinski definition) is 1. The number of imidazole rings is 1. The summed E-state index contributed by atoms with van der Waals surface area (Å²) in [5.41, 5.74) is 2.28. The quantitative estimate of drug-likeness (QED) is 0.771. The molecule has 0 unspecified atom stereocenters. The van der Waals surface area contributed by atoms with Gasteiger partial charge in [-0.3, -0.25) is 0 Å². The molecule has 7 heteroatoms. The van der Waals surface area contributed by atoms with Crippen LogP contribution in [0.4, 0.5) is 0 Å². The van der Waals surface area contributed by atoms with Gasteiger partial charge in [0.25, 0.3) is 0 Å². The van der Waals surface area contributed by atoms with Crippen molar-refractivity contribution in [2.75, 3.05) is 0 Å². The summed E-state index contributed by atoms with van der Waals surface area (Å²) in [5.74, 6) is 0.971. The number of primary sulfonamides is 1. The van der Waals surface area contributed by atoms with Crippen LogP contribution in [0.1, 0.15) is 11.1 Å². The Morgan fingerprint density at radius 3 is 2.57 bits per heavy atom. The van der Waals surface area contributed by atoms with Crippen LogP contribution in [-0.4, -0.2) is 18.0 Å². The summed E-state index contributed by atoms with van der Waals surface area (Å²) in [6, 6.07) is 8.77. The van der Waals surface area contributed by atoms with Crippen LogP contribution in [-0.2, 0) is 23.0 Å². The van der Waals surface area contributed by atoms with E-state index >= 15 is 0 Å². The fourth-order valence-electron chi connectivity index (χ4n) is 2.40. The molecule has 0 fully saturated rings. The Kier molecular flexibility index (Phi) is 4.34. The first-order valence-electron chi connectivity index (χ1n) is 7.12. The number of thiophene rings is 1. The summed E-state index contributed by atoms with van der Waals surface area (Å²) in [6.45, 7) is 2.86. The van der Waals surface area contributed by atoms with Crippen molar-refractivity contribution in [2.24, 2.45) is 5.14 Å². The van der Waals surface area contributed by atoms with Crippen LogP contribution in [0.15, 0.2) is 53.0 Å². The van der Waals surface area contributed by atoms with Crippen molar-refractivity contribution in [3.63, 3.8) is 0 Å². The maximum absolute atomic E-state index is 11.3. The Balaban J connectivity index is 1.75. The Hall–Kier alpha value is -1.96. The molecule has 0 saturated carbocycles. The molecule has 0 atom stereocenters. The van der Waals surface area contributed by atoms with Gasteiger partial charge in [-0.2, -0.15) is 0 Å². The van der Waals surface area contributed by atoms with E-state index in [1.165, 1.54) is 10.4 Å². The zero-order valence-electron chi connectivity index (χ0n) is 12.6. The van der Waals surface area contributed by atoms with Crippen LogP contribution in [0.5, 0.6) is 0 Å². The average molecular weight is 347 g/mol. The summed E-state index contributed by atoms with van der Waals surface area (Å²) in [7, 11) is -3.63. The molecule has 2 heterocycles. The summed E-state index contributed by atoms with van der Waals surface area (Å²) >= 11 is 1.68. The molecule has 3 aromatic rings. The molecular formula is C16H17N3O2S2. The lowest BCUT2D eigenvalue weighted by molar-refractivity contribution is 0.597. The lowest BCUT2D eigenvalue weighted by atomic mass is 10.1. The highest BCUT2D eigenvalue weighted by Crippen LogP contribution is 2.27. The summed E-state index contributed by atoms with van der Waals surface area (Å²) in [6.07, 6.45) is 4.56. The van der Waals surface area contributed by atoms with Gasteiger partial charge >= 0.3 is 0 Å². The number of nitrogens with two attached hydrogens (primary N) is 1. The Morgan fingerprint density at radius 1 is 1.22 bits per heavy atom. The maximum Gasteiger partial charge on any atom is 0.238 e. The molecule has 3 rings (SSSR count). The largest absolute Gasteiger partial charge is 0.330 e. The minimum atomic E-state index is -3.63. The maximum atomic E-state index is 11.3. The van der Waals surface area contributed by atoms with Gasteiger partial charge < -0.3 is 4.57 Å². The molecule has 2 N–H and O–H groups in total. The number of hydrogen-bond acceptors (Lipinski definition) is 4. The third-order valence-corrected chi connectivity index (χ3v) is 5.62. The summed E-state index contributed by atoms with van der Waals surface area (Å²) in [4.78, 5) is 5.77. The van der Waals surface area contributed by atoms with Gasteiger partial charge in [-0.1, -0.05) is 12.1 Å². The predicted molar refractivity (Wildman–Crippen MR) is 91.8 cm³/mol. The molecule has 120 valence electrons. The second-order valence-corrected chi connectivity index (χ2v) is 7.79. The average Bonchev–Trinajstić information content (AvgIpc) is 3.12. The highest BCUT2D eigenvalue weighted by Gasteiger charge is 2.10. The Labute approximate surface area is 139 Å². The zero-order chi connectivity index (χ0) is 16.4. The number of rotatable bonds is 5. The van der Waals surface area contributed by atoms with Crippen LogP contribution in [0.2, 0.25) is 0 Å². The van der Waals surface area contributed by atoms with Crippen LogP contribution < -0.4 is 5.14 Å². The highest BCUT2D eigenvalue weighted by molar-refractivity contribution is 7.89. The monoisotopic (exact) mass is 347 g/mol. The van der Waals surface area contributed by atoms with Crippen LogP contribution >= 0.6 is 11.3 Å². The SMILES string of the molecule is Cc1ccsc1-c1nccn1CCc1ccc(S(N)(=O)=O)cc1. The predicted octanol–water partition coefficient (Wildman–Crippen LogP) is 2.81. The number of benzene rings is 1. The molecule has 0 bridgehead atoms. The Morgan fingerprint density at radius 2 is 1.96 bits per heavy atom. The number of aryl methyl sites for hydroxylation is 3. The van der Waals surface area contributed by atoms with Crippen molar-refractivity contribution < 1.29 is 8.42 Å². The fraction of sp³-hybridized carbons (Fsp3) is 0.188. The van der Waals surface area contributed by atoms with Gasteiger partial charge in [-0.05, 0) is 48.1 Å². The van der Waals surface area contributed by atoms with E-state index in [-0.39, 0.29) is 4.90 Å². The summed E-state index contributed by atoms with van der Waals surface area (Å²) < 4.78 is 24.6. The van der Waals surface area contributed by atoms with E-state index in [4.69, 9.17) is 5.14 Å². The minimum absolute atomic E-state index is 0.138. The number of nitrogens with zero attached hydrogens (tertiary/aromatic N) is 2. The van der Waals surface area contributed by atoms with Crippen molar-refractivity contribution in [3.8, 4) is 10.7 Å². The van der Waals surface area contributed by atoms with Gasteiger partial charge in [0.1, 0.15) is 5.82 Å². The molecule has 0 saturated heterocycles. The van der Waals surface area contributed by atoms with Gasteiger partial charge in [0.15, 0.2) is 0 Å². The van der Waals surface area contributed by atoms with Gasteiger partial charge in [0.05, 0.1) is 9.77 Å². The van der Waals surface area contributed by atoms with Crippen LogP contribution in [0.25, 0.3) is 10.7 Å². The first-order chi connectivity index (χ1) is 10.9.